The van der Waals surface area contributed by atoms with Crippen molar-refractivity contribution >= 4 is 11.4 Å². The van der Waals surface area contributed by atoms with Gasteiger partial charge >= 0.3 is 0 Å². The first-order valence-corrected chi connectivity index (χ1v) is 11.9. The van der Waals surface area contributed by atoms with Gasteiger partial charge in [0.05, 0.1) is 0 Å². The molecule has 1 heteroatoms. The zero-order valence-electron chi connectivity index (χ0n) is 20.6. The molecule has 0 N–H and O–H groups in total. The molecule has 0 heterocycles. The van der Waals surface area contributed by atoms with Gasteiger partial charge in [0.1, 0.15) is 0 Å². The fraction of sp³-hybridized carbons (Fsp3) is 0.250. The number of anilines is 2. The van der Waals surface area contributed by atoms with Gasteiger partial charge in [-0.25, -0.2) is 0 Å². The van der Waals surface area contributed by atoms with E-state index in [9.17, 15) is 0 Å². The highest BCUT2D eigenvalue weighted by atomic mass is 15.2. The Morgan fingerprint density at radius 2 is 1.24 bits per heavy atom. The van der Waals surface area contributed by atoms with Gasteiger partial charge in [-0.3, -0.25) is 0 Å². The quantitative estimate of drug-likeness (QED) is 0.313. The lowest BCUT2D eigenvalue weighted by molar-refractivity contribution is 0.558. The monoisotopic (exact) mass is 431 g/mol. The number of rotatable bonds is 3. The molecular formula is C32H33N. The van der Waals surface area contributed by atoms with Gasteiger partial charge < -0.3 is 4.90 Å². The largest absolute Gasteiger partial charge is 0.336 e. The first kappa shape index (κ1) is 21.5. The van der Waals surface area contributed by atoms with E-state index in [1.54, 1.807) is 0 Å². The molecule has 0 fully saturated rings. The maximum atomic E-state index is 2.50. The Balaban J connectivity index is 1.63. The molecule has 0 bridgehead atoms. The van der Waals surface area contributed by atoms with Crippen molar-refractivity contribution in [2.24, 2.45) is 0 Å². The summed E-state index contributed by atoms with van der Waals surface area (Å²) in [5.74, 6) is 0. The summed E-state index contributed by atoms with van der Waals surface area (Å²) in [5.41, 5.74) is 11.8. The second-order valence-electron chi connectivity index (χ2n) is 10.8. The van der Waals surface area contributed by atoms with E-state index in [0.717, 1.165) is 0 Å². The van der Waals surface area contributed by atoms with Crippen LogP contribution in [0.3, 0.4) is 0 Å². The van der Waals surface area contributed by atoms with Gasteiger partial charge in [-0.1, -0.05) is 80.6 Å². The molecule has 0 aliphatic heterocycles. The van der Waals surface area contributed by atoms with Crippen LogP contribution < -0.4 is 4.90 Å². The van der Waals surface area contributed by atoms with Crippen LogP contribution in [0.15, 0.2) is 91.0 Å². The van der Waals surface area contributed by atoms with Crippen LogP contribution in [-0.2, 0) is 5.41 Å². The van der Waals surface area contributed by atoms with E-state index in [-0.39, 0.29) is 11.0 Å². The third-order valence-electron chi connectivity index (χ3n) is 7.04. The number of nitrogens with zero attached hydrogens (tertiary/aromatic N) is 1. The molecule has 0 saturated carbocycles. The van der Waals surface area contributed by atoms with Crippen LogP contribution in [0.4, 0.5) is 11.4 Å². The van der Waals surface area contributed by atoms with Gasteiger partial charge in [0.15, 0.2) is 0 Å². The van der Waals surface area contributed by atoms with Gasteiger partial charge in [-0.2, -0.15) is 0 Å². The van der Waals surface area contributed by atoms with E-state index in [1.807, 2.05) is 0 Å². The first-order valence-electron chi connectivity index (χ1n) is 11.9. The van der Waals surface area contributed by atoms with E-state index < -0.39 is 0 Å². The Morgan fingerprint density at radius 1 is 0.636 bits per heavy atom. The molecule has 33 heavy (non-hydrogen) atoms. The van der Waals surface area contributed by atoms with Gasteiger partial charge in [-0.05, 0) is 90.9 Å². The molecule has 1 nitrogen and oxygen atoms in total. The summed E-state index contributed by atoms with van der Waals surface area (Å²) in [6, 6.07) is 33.3. The van der Waals surface area contributed by atoms with Crippen molar-refractivity contribution < 1.29 is 0 Å². The third kappa shape index (κ3) is 3.56. The van der Waals surface area contributed by atoms with Gasteiger partial charge in [0, 0.05) is 22.3 Å². The van der Waals surface area contributed by atoms with Crippen LogP contribution in [0.1, 0.15) is 51.3 Å². The number of fused-ring (bicyclic) bond motifs is 3. The topological polar surface area (TPSA) is 3.24 Å². The fourth-order valence-electron chi connectivity index (χ4n) is 5.41. The zero-order valence-corrected chi connectivity index (χ0v) is 20.6. The van der Waals surface area contributed by atoms with E-state index in [1.165, 1.54) is 50.3 Å². The second kappa shape index (κ2) is 7.63. The summed E-state index contributed by atoms with van der Waals surface area (Å²) in [6.07, 6.45) is 0. The molecule has 166 valence electrons. The first-order chi connectivity index (χ1) is 15.7. The average molecular weight is 432 g/mol. The summed E-state index contributed by atoms with van der Waals surface area (Å²) in [4.78, 5) is 2.50. The Labute approximate surface area is 198 Å². The molecule has 0 amide bonds. The van der Waals surface area contributed by atoms with Crippen LogP contribution in [0, 0.1) is 6.92 Å². The number of hydrogen-bond acceptors (Lipinski definition) is 1. The lowest BCUT2D eigenvalue weighted by atomic mass is 9.82. The van der Waals surface area contributed by atoms with Crippen molar-refractivity contribution in [1.82, 2.24) is 0 Å². The van der Waals surface area contributed by atoms with Crippen molar-refractivity contribution in [1.29, 1.82) is 0 Å². The number of benzene rings is 4. The minimum Gasteiger partial charge on any atom is -0.336 e. The maximum absolute atomic E-state index is 2.50. The van der Waals surface area contributed by atoms with Crippen molar-refractivity contribution in [3.05, 3.63) is 108 Å². The normalized spacial score (nSPS) is 14.0. The lowest BCUT2D eigenvalue weighted by Gasteiger charge is -2.39. The molecule has 5 rings (SSSR count). The van der Waals surface area contributed by atoms with E-state index in [0.29, 0.717) is 0 Å². The Hall–Kier alpha value is -3.32. The second-order valence-corrected chi connectivity index (χ2v) is 10.8. The van der Waals surface area contributed by atoms with Crippen molar-refractivity contribution in [3.63, 3.8) is 0 Å². The molecule has 0 unspecified atom stereocenters. The van der Waals surface area contributed by atoms with Gasteiger partial charge in [0.25, 0.3) is 0 Å². The molecule has 0 aromatic heterocycles. The number of hydrogen-bond donors (Lipinski definition) is 0. The van der Waals surface area contributed by atoms with Crippen molar-refractivity contribution in [3.8, 4) is 22.3 Å². The predicted molar refractivity (Wildman–Crippen MR) is 143 cm³/mol. The summed E-state index contributed by atoms with van der Waals surface area (Å²) in [5, 5.41) is 0. The smallest absolute Gasteiger partial charge is 0.0448 e. The minimum absolute atomic E-state index is 0.00486. The summed E-state index contributed by atoms with van der Waals surface area (Å²) >= 11 is 0. The predicted octanol–water partition coefficient (Wildman–Crippen LogP) is 8.90. The molecule has 0 radical (unpaired) electrons. The lowest BCUT2D eigenvalue weighted by Crippen LogP contribution is -2.38. The van der Waals surface area contributed by atoms with E-state index in [2.05, 4.69) is 137 Å². The van der Waals surface area contributed by atoms with Crippen LogP contribution in [0.2, 0.25) is 0 Å². The third-order valence-corrected chi connectivity index (χ3v) is 7.04. The SMILES string of the molecule is Cc1cc2c(cc1N(c1ccc(-c3ccccc3)cc1)C(C)(C)C)C(C)(C)c1ccccc1-2. The van der Waals surface area contributed by atoms with E-state index in [4.69, 9.17) is 0 Å². The highest BCUT2D eigenvalue weighted by Crippen LogP contribution is 2.51. The Bertz CT molecular complexity index is 1310. The maximum Gasteiger partial charge on any atom is 0.0448 e. The van der Waals surface area contributed by atoms with Crippen molar-refractivity contribution in [2.45, 2.75) is 52.5 Å². The van der Waals surface area contributed by atoms with Gasteiger partial charge in [0.2, 0.25) is 0 Å². The molecule has 0 spiro atoms. The molecule has 4 aromatic carbocycles. The Morgan fingerprint density at radius 3 is 1.91 bits per heavy atom. The summed E-state index contributed by atoms with van der Waals surface area (Å²) in [6.45, 7) is 13.8. The zero-order chi connectivity index (χ0) is 23.4. The molecule has 0 saturated heterocycles. The highest BCUT2D eigenvalue weighted by Gasteiger charge is 2.37. The van der Waals surface area contributed by atoms with Crippen LogP contribution in [-0.4, -0.2) is 5.54 Å². The molecule has 0 atom stereocenters. The summed E-state index contributed by atoms with van der Waals surface area (Å²) < 4.78 is 0. The number of aryl methyl sites for hydroxylation is 1. The Kier molecular flexibility index (Phi) is 4.97. The highest BCUT2D eigenvalue weighted by molar-refractivity contribution is 5.85. The van der Waals surface area contributed by atoms with Crippen LogP contribution in [0.5, 0.6) is 0 Å². The van der Waals surface area contributed by atoms with Crippen LogP contribution >= 0.6 is 0 Å². The standard InChI is InChI=1S/C32H33N/c1-22-20-27-26-14-10-11-15-28(26)32(5,6)29(27)21-30(22)33(31(2,3)4)25-18-16-24(17-19-25)23-12-8-7-9-13-23/h7-21H,1-6H3. The van der Waals surface area contributed by atoms with Gasteiger partial charge in [-0.15, -0.1) is 0 Å². The average Bonchev–Trinajstić information content (AvgIpc) is 3.01. The minimum atomic E-state index is -0.0666. The molecular weight excluding hydrogens is 398 g/mol. The summed E-state index contributed by atoms with van der Waals surface area (Å²) in [7, 11) is 0. The van der Waals surface area contributed by atoms with E-state index >= 15 is 0 Å². The molecule has 1 aliphatic rings. The van der Waals surface area contributed by atoms with Crippen molar-refractivity contribution in [2.75, 3.05) is 4.90 Å². The van der Waals surface area contributed by atoms with Crippen LogP contribution in [0.25, 0.3) is 22.3 Å². The molecule has 1 aliphatic carbocycles. The molecule has 4 aromatic rings. The fourth-order valence-corrected chi connectivity index (χ4v) is 5.41.